The van der Waals surface area contributed by atoms with Gasteiger partial charge in [0.25, 0.3) is 0 Å². The molecule has 0 aromatic carbocycles. The Morgan fingerprint density at radius 2 is 0.449 bits per heavy atom. The molecule has 834 valence electrons. The second kappa shape index (κ2) is 63.4. The van der Waals surface area contributed by atoms with Crippen molar-refractivity contribution in [1.29, 1.82) is 0 Å². The Kier molecular flexibility index (Phi) is 66.6. The standard InChI is InChI=1S/2C14H31N3.2C14H30N2O.C14H30N2.C12H26N2.C11H24N2.C10H21NO.C10H20O.C2H6.2CH4/c2*1-13(2,3)15-7-8-16-9-11-17(12-10-16)14(4,5)6;2*1-13(2,3)16-9-7-15(8-10-16)11-12-17-14(4,5)6;1-13(2,3)7-8-15-9-11-16(12-10-15)14(4,5)6;1-11(2,3)13-7-9-14(10-8-13)12(4,5)6;1-10(2)12-6-8-13(9-7-12)11(3,4)5;1-9(2,3)7-8(12)11-10(4,5)6;1-9(2,3)7-8(11)10(4,5)6;1-2;;/h2*15H,7-12H2,1-6H3;2*7-12H2,1-6H3;7-12H2,1-6H3;7-10H2,1-6H3;10H,6-9H2,1-5H3;7H2,1-6H3,(H,11,12);7H2,1-6H3;1-2H3;2*1H4. The summed E-state index contributed by atoms with van der Waals surface area (Å²) < 4.78 is 11.5. The maximum absolute atomic E-state index is 11.5. The first-order valence-electron chi connectivity index (χ1n) is 54.8. The van der Waals surface area contributed by atoms with E-state index in [1.54, 1.807) is 0 Å². The first-order chi connectivity index (χ1) is 60.8. The van der Waals surface area contributed by atoms with Gasteiger partial charge in [-0.3, -0.25) is 73.3 Å². The fraction of sp³-hybridized carbons (Fsp3) is 0.983. The van der Waals surface area contributed by atoms with Gasteiger partial charge in [0.2, 0.25) is 5.91 Å². The Bertz CT molecular complexity index is 2750. The number of hydrogen-bond donors (Lipinski definition) is 3. The fourth-order valence-corrected chi connectivity index (χ4v) is 16.5. The van der Waals surface area contributed by atoms with Gasteiger partial charge in [-0.1, -0.05) is 112 Å². The van der Waals surface area contributed by atoms with Crippen molar-refractivity contribution in [2.75, 3.05) is 242 Å². The largest absolute Gasteiger partial charge is 0.375 e. The monoisotopic (exact) mass is 1970 g/mol. The molecule has 0 bridgehead atoms. The molecule has 3 N–H and O–H groups in total. The average Bonchev–Trinajstić information content (AvgIpc) is 0.839. The lowest BCUT2D eigenvalue weighted by Crippen LogP contribution is -2.57. The Hall–Kier alpha value is -1.58. The zero-order valence-electron chi connectivity index (χ0n) is 103. The lowest BCUT2D eigenvalue weighted by molar-refractivity contribution is -0.128. The number of nitrogens with one attached hydrogen (secondary N) is 3. The number of piperazine rings is 7. The highest BCUT2D eigenvalue weighted by Gasteiger charge is 2.36. The lowest BCUT2D eigenvalue weighted by atomic mass is 9.80. The normalized spacial score (nSPS) is 19.4. The minimum atomic E-state index is -0.173. The maximum atomic E-state index is 11.5. The van der Waals surface area contributed by atoms with E-state index >= 15 is 0 Å². The molecule has 0 aliphatic carbocycles. The van der Waals surface area contributed by atoms with E-state index in [9.17, 15) is 9.59 Å². The van der Waals surface area contributed by atoms with Gasteiger partial charge in [-0.2, -0.15) is 0 Å². The van der Waals surface area contributed by atoms with Gasteiger partial charge in [-0.15, -0.1) is 0 Å². The molecule has 7 rings (SSSR count). The number of Topliss-reactive ketones (excluding diaryl/α,β-unsaturated/α-hetero) is 1. The van der Waals surface area contributed by atoms with Crippen LogP contribution in [0, 0.1) is 21.7 Å². The van der Waals surface area contributed by atoms with E-state index in [0.717, 1.165) is 39.4 Å². The molecule has 21 heteroatoms. The highest BCUT2D eigenvalue weighted by molar-refractivity contribution is 5.84. The van der Waals surface area contributed by atoms with Crippen LogP contribution in [0.1, 0.15) is 415 Å². The van der Waals surface area contributed by atoms with Gasteiger partial charge in [-0.05, 0) is 313 Å². The highest BCUT2D eigenvalue weighted by atomic mass is 16.5. The molecule has 7 fully saturated rings. The van der Waals surface area contributed by atoms with Crippen LogP contribution in [-0.4, -0.2) is 401 Å². The van der Waals surface area contributed by atoms with Gasteiger partial charge in [0.1, 0.15) is 5.78 Å². The second-order valence-electron chi connectivity index (χ2n) is 58.1. The smallest absolute Gasteiger partial charge is 0.220 e. The van der Waals surface area contributed by atoms with Crippen LogP contribution < -0.4 is 16.0 Å². The average molecular weight is 1970 g/mol. The second-order valence-corrected chi connectivity index (χ2v) is 58.1. The van der Waals surface area contributed by atoms with Crippen LogP contribution in [0.3, 0.4) is 0 Å². The van der Waals surface area contributed by atoms with Gasteiger partial charge in [-0.25, -0.2) is 0 Å². The molecule has 7 aliphatic heterocycles. The molecule has 21 nitrogen and oxygen atoms in total. The van der Waals surface area contributed by atoms with Crippen LogP contribution in [0.4, 0.5) is 0 Å². The summed E-state index contributed by atoms with van der Waals surface area (Å²) in [6.45, 7) is 165. The van der Waals surface area contributed by atoms with E-state index < -0.39 is 0 Å². The fourth-order valence-electron chi connectivity index (χ4n) is 16.5. The minimum absolute atomic E-state index is 0. The summed E-state index contributed by atoms with van der Waals surface area (Å²) in [5, 5.41) is 10.0. The SMILES string of the molecule is C.C.CC.CC(C)(C)CC(=O)C(C)(C)C.CC(C)(C)CC(=O)NC(C)(C)C.CC(C)(C)CCN1CCN(C(C)(C)C)CC1.CC(C)(C)N1CCN(C(C)(C)C)CC1.CC(C)(C)NCCN1CCN(C(C)(C)C)CC1.CC(C)(C)NCCN1CCN(C(C)(C)C)CC1.CC(C)(C)OCCN1CCN(C(C)(C)C)CC1.CC(C)(C)OCCN1CCN(C(C)(C)C)CC1.CC(C)N1CCN(C(C)(C)C)CC1. The van der Waals surface area contributed by atoms with Crippen LogP contribution >= 0.6 is 0 Å². The van der Waals surface area contributed by atoms with E-state index in [1.165, 1.54) is 209 Å². The summed E-state index contributed by atoms with van der Waals surface area (Å²) in [7, 11) is 0. The maximum Gasteiger partial charge on any atom is 0.220 e. The molecule has 0 radical (unpaired) electrons. The van der Waals surface area contributed by atoms with E-state index in [4.69, 9.17) is 9.47 Å². The Morgan fingerprint density at radius 3 is 0.609 bits per heavy atom. The lowest BCUT2D eigenvalue weighted by Gasteiger charge is -2.46. The number of amides is 1. The van der Waals surface area contributed by atoms with E-state index in [0.29, 0.717) is 74.4 Å². The Labute approximate surface area is 867 Å². The first kappa shape index (κ1) is 145. The molecule has 0 atom stereocenters. The van der Waals surface area contributed by atoms with Crippen molar-refractivity contribution in [3.05, 3.63) is 0 Å². The van der Waals surface area contributed by atoms with Gasteiger partial charge in [0.15, 0.2) is 0 Å². The third-order valence-corrected chi connectivity index (χ3v) is 25.7. The van der Waals surface area contributed by atoms with Crippen molar-refractivity contribution in [2.24, 2.45) is 21.7 Å². The quantitative estimate of drug-likeness (QED) is 0.127. The summed E-state index contributed by atoms with van der Waals surface area (Å²) >= 11 is 0. The summed E-state index contributed by atoms with van der Waals surface area (Å²) in [4.78, 5) is 58.8. The Balaban J connectivity index is -0.000000480. The van der Waals surface area contributed by atoms with Gasteiger partial charge in [0.05, 0.1) is 24.4 Å². The van der Waals surface area contributed by atoms with Crippen molar-refractivity contribution in [3.63, 3.8) is 0 Å². The number of rotatable bonds is 17. The number of ether oxygens (including phenoxy) is 2. The van der Waals surface area contributed by atoms with Crippen LogP contribution in [-0.2, 0) is 19.1 Å². The number of hydrogen-bond acceptors (Lipinski definition) is 20. The number of nitrogens with zero attached hydrogens (tertiary/aromatic N) is 14. The van der Waals surface area contributed by atoms with Gasteiger partial charge in [0, 0.05) is 308 Å². The number of carbonyl (C=O) groups is 2. The number of carbonyl (C=O) groups excluding carboxylic acids is 2. The van der Waals surface area contributed by atoms with Crippen molar-refractivity contribution in [1.82, 2.24) is 84.5 Å². The van der Waals surface area contributed by atoms with Crippen molar-refractivity contribution in [2.45, 2.75) is 493 Å². The van der Waals surface area contributed by atoms with E-state index in [-0.39, 0.29) is 64.8 Å². The Morgan fingerprint density at radius 1 is 0.254 bits per heavy atom. The summed E-state index contributed by atoms with van der Waals surface area (Å²) in [5.41, 5.74) is 3.53. The predicted molar refractivity (Wildman–Crippen MR) is 616 cm³/mol. The summed E-state index contributed by atoms with van der Waals surface area (Å²) in [6.07, 6.45) is 2.57. The zero-order valence-corrected chi connectivity index (χ0v) is 103. The molecule has 0 spiro atoms. The van der Waals surface area contributed by atoms with Crippen LogP contribution in [0.2, 0.25) is 0 Å². The van der Waals surface area contributed by atoms with Gasteiger partial charge >= 0.3 is 0 Å². The van der Waals surface area contributed by atoms with Crippen LogP contribution in [0.25, 0.3) is 0 Å². The van der Waals surface area contributed by atoms with E-state index in [2.05, 4.69) is 410 Å². The molecule has 7 saturated heterocycles. The summed E-state index contributed by atoms with van der Waals surface area (Å²) in [5.74, 6) is 0.486. The van der Waals surface area contributed by atoms with E-state index in [1.807, 2.05) is 55.4 Å². The first-order valence-corrected chi connectivity index (χ1v) is 54.8. The molecule has 7 heterocycles. The minimum Gasteiger partial charge on any atom is -0.375 e. The molecular weight excluding hydrogens is 1710 g/mol. The third-order valence-electron chi connectivity index (χ3n) is 25.7. The molecular formula is C117H257N17O4. The molecule has 138 heavy (non-hydrogen) atoms. The highest BCUT2D eigenvalue weighted by Crippen LogP contribution is 2.29. The molecule has 0 aromatic rings. The van der Waals surface area contributed by atoms with Crippen molar-refractivity contribution in [3.8, 4) is 0 Å². The van der Waals surface area contributed by atoms with Crippen molar-refractivity contribution < 1.29 is 19.1 Å². The molecule has 0 saturated carbocycles. The van der Waals surface area contributed by atoms with Crippen LogP contribution in [0.15, 0.2) is 0 Å². The molecule has 0 unspecified atom stereocenters. The topological polar surface area (TPSA) is 134 Å². The van der Waals surface area contributed by atoms with Crippen molar-refractivity contribution >= 4 is 11.7 Å². The zero-order chi connectivity index (χ0) is 107. The summed E-state index contributed by atoms with van der Waals surface area (Å²) in [6, 6.07) is 0.710. The third kappa shape index (κ3) is 77.8. The van der Waals surface area contributed by atoms with Gasteiger partial charge < -0.3 is 30.3 Å². The number of ketones is 1. The van der Waals surface area contributed by atoms with Crippen LogP contribution in [0.5, 0.6) is 0 Å². The molecule has 1 amide bonds. The predicted octanol–water partition coefficient (Wildman–Crippen LogP) is 22.5. The molecule has 0 aromatic heterocycles. The molecule has 7 aliphatic rings.